The predicted octanol–water partition coefficient (Wildman–Crippen LogP) is 2.71. The standard InChI is InChI=1S/C12H22F3NO/c1-8-6-11(2,3)5-4-9(8)16-7-10(17)12(13,14)15/h8-10,16-17H,4-7H2,1-3H3. The number of alkyl halides is 3. The van der Waals surface area contributed by atoms with Crippen molar-refractivity contribution in [3.63, 3.8) is 0 Å². The van der Waals surface area contributed by atoms with Gasteiger partial charge in [-0.25, -0.2) is 0 Å². The predicted molar refractivity (Wildman–Crippen MR) is 60.6 cm³/mol. The van der Waals surface area contributed by atoms with Crippen molar-refractivity contribution in [3.05, 3.63) is 0 Å². The van der Waals surface area contributed by atoms with Crippen molar-refractivity contribution in [1.82, 2.24) is 5.32 Å². The summed E-state index contributed by atoms with van der Waals surface area (Å²) in [5.74, 6) is 0.346. The molecule has 0 saturated heterocycles. The first-order valence-electron chi connectivity index (χ1n) is 6.10. The van der Waals surface area contributed by atoms with E-state index in [1.165, 1.54) is 0 Å². The third-order valence-corrected chi connectivity index (χ3v) is 3.64. The number of rotatable bonds is 3. The van der Waals surface area contributed by atoms with Crippen LogP contribution in [0.15, 0.2) is 0 Å². The Morgan fingerprint density at radius 1 is 1.41 bits per heavy atom. The fourth-order valence-electron chi connectivity index (χ4n) is 2.63. The van der Waals surface area contributed by atoms with Crippen LogP contribution in [0.25, 0.3) is 0 Å². The Hall–Kier alpha value is -0.290. The van der Waals surface area contributed by atoms with Crippen LogP contribution >= 0.6 is 0 Å². The number of aliphatic hydroxyl groups is 1. The van der Waals surface area contributed by atoms with Gasteiger partial charge in [0.05, 0.1) is 0 Å². The first-order valence-corrected chi connectivity index (χ1v) is 6.10. The fraction of sp³-hybridized carbons (Fsp3) is 1.00. The molecule has 0 aromatic carbocycles. The average molecular weight is 253 g/mol. The van der Waals surface area contributed by atoms with E-state index in [0.717, 1.165) is 19.3 Å². The summed E-state index contributed by atoms with van der Waals surface area (Å²) in [7, 11) is 0. The Morgan fingerprint density at radius 2 is 2.00 bits per heavy atom. The van der Waals surface area contributed by atoms with E-state index < -0.39 is 18.8 Å². The molecule has 1 aliphatic rings. The second-order valence-electron chi connectivity index (χ2n) is 5.96. The largest absolute Gasteiger partial charge is 0.415 e. The fourth-order valence-corrected chi connectivity index (χ4v) is 2.63. The number of hydrogen-bond acceptors (Lipinski definition) is 2. The highest BCUT2D eigenvalue weighted by Gasteiger charge is 2.39. The van der Waals surface area contributed by atoms with Gasteiger partial charge >= 0.3 is 6.18 Å². The number of halogens is 3. The van der Waals surface area contributed by atoms with Gasteiger partial charge in [0.15, 0.2) is 6.10 Å². The van der Waals surface area contributed by atoms with Crippen LogP contribution in [0, 0.1) is 11.3 Å². The normalized spacial score (nSPS) is 31.2. The molecular formula is C12H22F3NO. The van der Waals surface area contributed by atoms with E-state index in [1.54, 1.807) is 0 Å². The highest BCUT2D eigenvalue weighted by Crippen LogP contribution is 2.38. The molecule has 2 N–H and O–H groups in total. The van der Waals surface area contributed by atoms with Gasteiger partial charge in [0, 0.05) is 12.6 Å². The maximum Gasteiger partial charge on any atom is 0.415 e. The van der Waals surface area contributed by atoms with Gasteiger partial charge in [0.25, 0.3) is 0 Å². The van der Waals surface area contributed by atoms with E-state index in [9.17, 15) is 13.2 Å². The monoisotopic (exact) mass is 253 g/mol. The Kier molecular flexibility index (Phi) is 4.47. The molecule has 0 radical (unpaired) electrons. The minimum absolute atomic E-state index is 0.0834. The molecular weight excluding hydrogens is 231 g/mol. The van der Waals surface area contributed by atoms with Gasteiger partial charge in [-0.15, -0.1) is 0 Å². The van der Waals surface area contributed by atoms with Gasteiger partial charge in [0.1, 0.15) is 0 Å². The van der Waals surface area contributed by atoms with Gasteiger partial charge in [-0.2, -0.15) is 13.2 Å². The lowest BCUT2D eigenvalue weighted by Crippen LogP contribution is -2.47. The first-order chi connectivity index (χ1) is 7.62. The summed E-state index contributed by atoms with van der Waals surface area (Å²) in [5, 5.41) is 11.8. The van der Waals surface area contributed by atoms with E-state index >= 15 is 0 Å². The van der Waals surface area contributed by atoms with Crippen LogP contribution in [0.4, 0.5) is 13.2 Å². The highest BCUT2D eigenvalue weighted by molar-refractivity contribution is 4.87. The summed E-state index contributed by atoms with van der Waals surface area (Å²) >= 11 is 0. The minimum atomic E-state index is -4.52. The maximum absolute atomic E-state index is 12.1. The number of hydrogen-bond donors (Lipinski definition) is 2. The van der Waals surface area contributed by atoms with Crippen molar-refractivity contribution in [1.29, 1.82) is 0 Å². The lowest BCUT2D eigenvalue weighted by Gasteiger charge is -2.40. The third kappa shape index (κ3) is 4.47. The SMILES string of the molecule is CC1CC(C)(C)CCC1NCC(O)C(F)(F)F. The van der Waals surface area contributed by atoms with Crippen molar-refractivity contribution in [2.45, 2.75) is 58.4 Å². The van der Waals surface area contributed by atoms with Crippen molar-refractivity contribution < 1.29 is 18.3 Å². The van der Waals surface area contributed by atoms with Gasteiger partial charge in [-0.3, -0.25) is 0 Å². The Morgan fingerprint density at radius 3 is 2.47 bits per heavy atom. The van der Waals surface area contributed by atoms with Crippen LogP contribution in [0.3, 0.4) is 0 Å². The smallest absolute Gasteiger partial charge is 0.382 e. The van der Waals surface area contributed by atoms with E-state index in [1.807, 2.05) is 0 Å². The summed E-state index contributed by atoms with van der Waals surface area (Å²) in [6.07, 6.45) is -3.89. The van der Waals surface area contributed by atoms with Gasteiger partial charge in [0.2, 0.25) is 0 Å². The number of nitrogens with one attached hydrogen (secondary N) is 1. The molecule has 1 aliphatic carbocycles. The minimum Gasteiger partial charge on any atom is -0.382 e. The van der Waals surface area contributed by atoms with Crippen LogP contribution < -0.4 is 5.32 Å². The van der Waals surface area contributed by atoms with Gasteiger partial charge in [-0.1, -0.05) is 20.8 Å². The van der Waals surface area contributed by atoms with Crippen LogP contribution in [-0.4, -0.2) is 30.0 Å². The van der Waals surface area contributed by atoms with E-state index in [4.69, 9.17) is 5.11 Å². The molecule has 2 nitrogen and oxygen atoms in total. The molecule has 17 heavy (non-hydrogen) atoms. The van der Waals surface area contributed by atoms with E-state index in [-0.39, 0.29) is 11.5 Å². The Labute approximate surface area is 101 Å². The Bertz CT molecular complexity index is 253. The number of aliphatic hydroxyl groups excluding tert-OH is 1. The lowest BCUT2D eigenvalue weighted by molar-refractivity contribution is -0.202. The molecule has 0 aromatic heterocycles. The molecule has 102 valence electrons. The van der Waals surface area contributed by atoms with Crippen molar-refractivity contribution in [2.75, 3.05) is 6.54 Å². The van der Waals surface area contributed by atoms with Crippen molar-refractivity contribution in [2.24, 2.45) is 11.3 Å². The second kappa shape index (κ2) is 5.14. The zero-order valence-electron chi connectivity index (χ0n) is 10.6. The summed E-state index contributed by atoms with van der Waals surface area (Å²) in [6, 6.07) is 0.0834. The topological polar surface area (TPSA) is 32.3 Å². The zero-order valence-corrected chi connectivity index (χ0v) is 10.6. The van der Waals surface area contributed by atoms with Crippen molar-refractivity contribution >= 4 is 0 Å². The van der Waals surface area contributed by atoms with Crippen LogP contribution in [0.1, 0.15) is 40.0 Å². The maximum atomic E-state index is 12.1. The molecule has 3 unspecified atom stereocenters. The molecule has 1 saturated carbocycles. The summed E-state index contributed by atoms with van der Waals surface area (Å²) in [6.45, 7) is 6.02. The quantitative estimate of drug-likeness (QED) is 0.810. The molecule has 1 fully saturated rings. The van der Waals surface area contributed by atoms with E-state index in [0.29, 0.717) is 5.92 Å². The summed E-state index contributed by atoms with van der Waals surface area (Å²) in [5.41, 5.74) is 0.278. The van der Waals surface area contributed by atoms with Crippen LogP contribution in [0.2, 0.25) is 0 Å². The van der Waals surface area contributed by atoms with Crippen molar-refractivity contribution in [3.8, 4) is 0 Å². The average Bonchev–Trinajstić information content (AvgIpc) is 2.13. The van der Waals surface area contributed by atoms with Gasteiger partial charge in [-0.05, 0) is 30.6 Å². The molecule has 0 aliphatic heterocycles. The van der Waals surface area contributed by atoms with E-state index in [2.05, 4.69) is 26.1 Å². The molecule has 0 spiro atoms. The highest BCUT2D eigenvalue weighted by atomic mass is 19.4. The van der Waals surface area contributed by atoms with Crippen LogP contribution in [-0.2, 0) is 0 Å². The zero-order chi connectivity index (χ0) is 13.3. The molecule has 0 bridgehead atoms. The van der Waals surface area contributed by atoms with Gasteiger partial charge < -0.3 is 10.4 Å². The molecule has 3 atom stereocenters. The first kappa shape index (κ1) is 14.8. The Balaban J connectivity index is 2.39. The molecule has 1 rings (SSSR count). The second-order valence-corrected chi connectivity index (χ2v) is 5.96. The molecule has 0 aromatic rings. The summed E-state index contributed by atoms with van der Waals surface area (Å²) < 4.78 is 36.4. The molecule has 5 heteroatoms. The molecule has 0 heterocycles. The van der Waals surface area contributed by atoms with Crippen LogP contribution in [0.5, 0.6) is 0 Å². The summed E-state index contributed by atoms with van der Waals surface area (Å²) in [4.78, 5) is 0. The lowest BCUT2D eigenvalue weighted by atomic mass is 9.70. The third-order valence-electron chi connectivity index (χ3n) is 3.64. The molecule has 0 amide bonds.